The van der Waals surface area contributed by atoms with Crippen LogP contribution in [0.15, 0.2) is 17.5 Å². The number of aliphatic hydroxyl groups is 1. The lowest BCUT2D eigenvalue weighted by Gasteiger charge is -2.09. The van der Waals surface area contributed by atoms with Crippen molar-refractivity contribution in [2.24, 2.45) is 0 Å². The Labute approximate surface area is 116 Å². The Balaban J connectivity index is 0. The average molecular weight is 275 g/mol. The zero-order chi connectivity index (χ0) is 14.2. The number of methoxy groups -OCH3 is 1. The molecule has 3 nitrogen and oxygen atoms in total. The van der Waals surface area contributed by atoms with Crippen molar-refractivity contribution in [2.45, 2.75) is 40.2 Å². The Hall–Kier alpha value is -0.420. The molecule has 1 atom stereocenters. The predicted octanol–water partition coefficient (Wildman–Crippen LogP) is 2.94. The van der Waals surface area contributed by atoms with Crippen molar-refractivity contribution in [3.05, 3.63) is 22.4 Å². The highest BCUT2D eigenvalue weighted by Crippen LogP contribution is 2.07. The molecular weight excluding hydrogens is 246 g/mol. The third kappa shape index (κ3) is 12.0. The Morgan fingerprint density at radius 2 is 2.00 bits per heavy atom. The lowest BCUT2D eigenvalue weighted by Crippen LogP contribution is -2.31. The predicted molar refractivity (Wildman–Crippen MR) is 81.5 cm³/mol. The third-order valence-electron chi connectivity index (χ3n) is 1.87. The number of aliphatic hydroxyl groups excluding tert-OH is 1. The molecule has 1 aromatic heterocycles. The van der Waals surface area contributed by atoms with Crippen LogP contribution < -0.4 is 5.32 Å². The largest absolute Gasteiger partial charge is 0.389 e. The summed E-state index contributed by atoms with van der Waals surface area (Å²) in [5.74, 6) is 0. The lowest BCUT2D eigenvalue weighted by atomic mass is 10.3. The van der Waals surface area contributed by atoms with Crippen molar-refractivity contribution < 1.29 is 9.84 Å². The van der Waals surface area contributed by atoms with E-state index in [1.54, 1.807) is 18.4 Å². The molecule has 0 aliphatic carbocycles. The van der Waals surface area contributed by atoms with Crippen LogP contribution in [-0.2, 0) is 11.2 Å². The first-order chi connectivity index (χ1) is 8.83. The van der Waals surface area contributed by atoms with Gasteiger partial charge >= 0.3 is 0 Å². The highest BCUT2D eigenvalue weighted by atomic mass is 32.1. The van der Waals surface area contributed by atoms with E-state index in [0.29, 0.717) is 13.2 Å². The second-order valence-corrected chi connectivity index (χ2v) is 4.17. The van der Waals surface area contributed by atoms with Gasteiger partial charge in [-0.2, -0.15) is 0 Å². The normalized spacial score (nSPS) is 10.8. The van der Waals surface area contributed by atoms with E-state index in [0.717, 1.165) is 13.0 Å². The first kappa shape index (κ1) is 19.9. The maximum absolute atomic E-state index is 9.32. The molecule has 0 saturated heterocycles. The monoisotopic (exact) mass is 275 g/mol. The second kappa shape index (κ2) is 16.6. The molecule has 0 aliphatic heterocycles. The van der Waals surface area contributed by atoms with Crippen molar-refractivity contribution in [2.75, 3.05) is 26.8 Å². The summed E-state index contributed by atoms with van der Waals surface area (Å²) in [5, 5.41) is 14.6. The summed E-state index contributed by atoms with van der Waals surface area (Å²) >= 11 is 1.76. The smallest absolute Gasteiger partial charge is 0.0897 e. The standard InChI is InChI=1S/C10H17NO2S.2C2H6/c1-13-8-9(12)7-11-5-4-10-3-2-6-14-10;2*1-2/h2-3,6,9,11-12H,4-5,7-8H2,1H3;2*1-2H3. The van der Waals surface area contributed by atoms with Gasteiger partial charge in [0.25, 0.3) is 0 Å². The Kier molecular flexibility index (Phi) is 18.3. The number of ether oxygens (including phenoxy) is 1. The summed E-state index contributed by atoms with van der Waals surface area (Å²) in [4.78, 5) is 1.37. The highest BCUT2D eigenvalue weighted by Gasteiger charge is 2.01. The second-order valence-electron chi connectivity index (χ2n) is 3.14. The fourth-order valence-corrected chi connectivity index (χ4v) is 1.90. The Morgan fingerprint density at radius 3 is 2.50 bits per heavy atom. The van der Waals surface area contributed by atoms with Gasteiger partial charge < -0.3 is 15.2 Å². The molecule has 0 saturated carbocycles. The molecule has 1 unspecified atom stereocenters. The molecular formula is C14H29NO2S. The molecule has 0 radical (unpaired) electrons. The van der Waals surface area contributed by atoms with Gasteiger partial charge in [0.15, 0.2) is 0 Å². The summed E-state index contributed by atoms with van der Waals surface area (Å²) in [6, 6.07) is 4.18. The van der Waals surface area contributed by atoms with Crippen LogP contribution in [0.3, 0.4) is 0 Å². The van der Waals surface area contributed by atoms with E-state index in [4.69, 9.17) is 4.74 Å². The third-order valence-corrected chi connectivity index (χ3v) is 2.80. The van der Waals surface area contributed by atoms with Crippen molar-refractivity contribution >= 4 is 11.3 Å². The summed E-state index contributed by atoms with van der Waals surface area (Å²) in [5.41, 5.74) is 0. The van der Waals surface area contributed by atoms with E-state index < -0.39 is 6.10 Å². The molecule has 4 heteroatoms. The maximum Gasteiger partial charge on any atom is 0.0897 e. The van der Waals surface area contributed by atoms with E-state index in [-0.39, 0.29) is 0 Å². The zero-order valence-corrected chi connectivity index (χ0v) is 13.2. The van der Waals surface area contributed by atoms with Crippen LogP contribution >= 0.6 is 11.3 Å². The molecule has 2 N–H and O–H groups in total. The molecule has 18 heavy (non-hydrogen) atoms. The number of rotatable bonds is 7. The van der Waals surface area contributed by atoms with E-state index in [2.05, 4.69) is 22.8 Å². The number of hydrogen-bond acceptors (Lipinski definition) is 4. The fourth-order valence-electron chi connectivity index (χ4n) is 1.19. The molecule has 0 aromatic carbocycles. The van der Waals surface area contributed by atoms with Gasteiger partial charge in [0.1, 0.15) is 0 Å². The number of hydrogen-bond donors (Lipinski definition) is 2. The Morgan fingerprint density at radius 1 is 1.33 bits per heavy atom. The number of nitrogens with one attached hydrogen (secondary N) is 1. The van der Waals surface area contributed by atoms with Crippen LogP contribution in [0, 0.1) is 0 Å². The van der Waals surface area contributed by atoms with Gasteiger partial charge in [-0.15, -0.1) is 11.3 Å². The van der Waals surface area contributed by atoms with E-state index in [1.807, 2.05) is 27.7 Å². The summed E-state index contributed by atoms with van der Waals surface area (Å²) < 4.78 is 4.82. The molecule has 1 heterocycles. The molecule has 108 valence electrons. The molecule has 0 fully saturated rings. The van der Waals surface area contributed by atoms with Crippen LogP contribution in [0.4, 0.5) is 0 Å². The molecule has 1 aromatic rings. The highest BCUT2D eigenvalue weighted by molar-refractivity contribution is 7.09. The fraction of sp³-hybridized carbons (Fsp3) is 0.714. The molecule has 0 spiro atoms. The van der Waals surface area contributed by atoms with Crippen molar-refractivity contribution in [1.29, 1.82) is 0 Å². The van der Waals surface area contributed by atoms with E-state index in [9.17, 15) is 5.11 Å². The van der Waals surface area contributed by atoms with Gasteiger partial charge in [0.2, 0.25) is 0 Å². The Bertz CT molecular complexity index is 228. The van der Waals surface area contributed by atoms with Gasteiger partial charge in [0.05, 0.1) is 12.7 Å². The quantitative estimate of drug-likeness (QED) is 0.752. The first-order valence-electron chi connectivity index (χ1n) is 6.73. The van der Waals surface area contributed by atoms with Crippen LogP contribution in [0.2, 0.25) is 0 Å². The van der Waals surface area contributed by atoms with E-state index >= 15 is 0 Å². The van der Waals surface area contributed by atoms with Crippen LogP contribution in [0.1, 0.15) is 32.6 Å². The van der Waals surface area contributed by atoms with Crippen LogP contribution in [0.25, 0.3) is 0 Å². The molecule has 0 amide bonds. The summed E-state index contributed by atoms with van der Waals surface area (Å²) in [6.07, 6.45) is 0.625. The summed E-state index contributed by atoms with van der Waals surface area (Å²) in [7, 11) is 1.59. The minimum Gasteiger partial charge on any atom is -0.389 e. The van der Waals surface area contributed by atoms with Crippen LogP contribution in [-0.4, -0.2) is 38.0 Å². The number of thiophene rings is 1. The maximum atomic E-state index is 9.32. The molecule has 1 rings (SSSR count). The lowest BCUT2D eigenvalue weighted by molar-refractivity contribution is 0.0648. The van der Waals surface area contributed by atoms with Crippen molar-refractivity contribution in [1.82, 2.24) is 5.32 Å². The van der Waals surface area contributed by atoms with Crippen molar-refractivity contribution in [3.8, 4) is 0 Å². The first-order valence-corrected chi connectivity index (χ1v) is 7.61. The van der Waals surface area contributed by atoms with Crippen LogP contribution in [0.5, 0.6) is 0 Å². The average Bonchev–Trinajstić information content (AvgIpc) is 2.93. The van der Waals surface area contributed by atoms with Gasteiger partial charge in [-0.3, -0.25) is 0 Å². The van der Waals surface area contributed by atoms with E-state index in [1.165, 1.54) is 4.88 Å². The van der Waals surface area contributed by atoms with Crippen molar-refractivity contribution in [3.63, 3.8) is 0 Å². The SMILES string of the molecule is CC.CC.COCC(O)CNCCc1cccs1. The minimum atomic E-state index is -0.400. The zero-order valence-electron chi connectivity index (χ0n) is 12.4. The topological polar surface area (TPSA) is 41.5 Å². The van der Waals surface area contributed by atoms with Gasteiger partial charge in [-0.1, -0.05) is 33.8 Å². The van der Waals surface area contributed by atoms with Gasteiger partial charge in [-0.05, 0) is 17.9 Å². The summed E-state index contributed by atoms with van der Waals surface area (Å²) in [6.45, 7) is 9.90. The molecule has 0 bridgehead atoms. The van der Waals surface area contributed by atoms with Gasteiger partial charge in [-0.25, -0.2) is 0 Å². The molecule has 0 aliphatic rings. The minimum absolute atomic E-state index is 0.395. The van der Waals surface area contributed by atoms with Gasteiger partial charge in [0, 0.05) is 25.1 Å².